The highest BCUT2D eigenvalue weighted by molar-refractivity contribution is 6.30. The van der Waals surface area contributed by atoms with Crippen molar-refractivity contribution in [1.29, 1.82) is 0 Å². The zero-order valence-corrected chi connectivity index (χ0v) is 15.3. The van der Waals surface area contributed by atoms with Gasteiger partial charge in [0.2, 0.25) is 0 Å². The third-order valence-electron chi connectivity index (χ3n) is 4.57. The molecule has 2 aromatic carbocycles. The summed E-state index contributed by atoms with van der Waals surface area (Å²) in [6.07, 6.45) is 0. The summed E-state index contributed by atoms with van der Waals surface area (Å²) in [5.74, 6) is 0.917. The summed E-state index contributed by atoms with van der Waals surface area (Å²) in [7, 11) is 1.71. The van der Waals surface area contributed by atoms with Gasteiger partial charge in [-0.1, -0.05) is 41.9 Å². The lowest BCUT2D eigenvalue weighted by atomic mass is 10.0. The van der Waals surface area contributed by atoms with Crippen LogP contribution in [0.4, 0.5) is 0 Å². The molecule has 1 aliphatic rings. The van der Waals surface area contributed by atoms with E-state index in [1.165, 1.54) is 5.56 Å². The number of hydrogen-bond acceptors (Lipinski definition) is 4. The molecule has 1 atom stereocenters. The molecule has 1 fully saturated rings. The molecule has 1 aliphatic heterocycles. The summed E-state index contributed by atoms with van der Waals surface area (Å²) in [4.78, 5) is 2.46. The third-order valence-corrected chi connectivity index (χ3v) is 4.80. The molecule has 1 saturated heterocycles. The average Bonchev–Trinajstić information content (AvgIpc) is 2.66. The topological polar surface area (TPSA) is 33.7 Å². The van der Waals surface area contributed by atoms with E-state index >= 15 is 0 Å². The first-order chi connectivity index (χ1) is 12.3. The van der Waals surface area contributed by atoms with E-state index in [1.807, 2.05) is 30.3 Å². The summed E-state index contributed by atoms with van der Waals surface area (Å²) in [5, 5.41) is 4.36. The first-order valence-electron chi connectivity index (χ1n) is 8.68. The second-order valence-corrected chi connectivity index (χ2v) is 6.60. The van der Waals surface area contributed by atoms with Gasteiger partial charge in [0.15, 0.2) is 0 Å². The predicted octanol–water partition coefficient (Wildman–Crippen LogP) is 3.51. The van der Waals surface area contributed by atoms with Gasteiger partial charge in [0, 0.05) is 42.8 Å². The molecule has 0 aromatic heterocycles. The maximum Gasteiger partial charge on any atom is 0.123 e. The SMILES string of the molecule is COc1ccccc1CNCC(c1cccc(Cl)c1)N1CCOCC1. The summed E-state index contributed by atoms with van der Waals surface area (Å²) in [6.45, 7) is 5.05. The molecule has 0 bridgehead atoms. The van der Waals surface area contributed by atoms with Crippen LogP contribution in [0.5, 0.6) is 5.75 Å². The predicted molar refractivity (Wildman–Crippen MR) is 101 cm³/mol. The molecule has 0 aliphatic carbocycles. The maximum atomic E-state index is 6.22. The number of methoxy groups -OCH3 is 1. The summed E-state index contributed by atoms with van der Waals surface area (Å²) >= 11 is 6.22. The lowest BCUT2D eigenvalue weighted by molar-refractivity contribution is 0.0161. The number of para-hydroxylation sites is 1. The molecular weight excluding hydrogens is 336 g/mol. The Morgan fingerprint density at radius 1 is 1.16 bits per heavy atom. The van der Waals surface area contributed by atoms with Gasteiger partial charge in [-0.05, 0) is 23.8 Å². The van der Waals surface area contributed by atoms with Crippen LogP contribution in [0.15, 0.2) is 48.5 Å². The van der Waals surface area contributed by atoms with Crippen molar-refractivity contribution in [2.75, 3.05) is 40.0 Å². The highest BCUT2D eigenvalue weighted by Gasteiger charge is 2.22. The van der Waals surface area contributed by atoms with E-state index in [2.05, 4.69) is 28.4 Å². The van der Waals surface area contributed by atoms with Gasteiger partial charge in [-0.15, -0.1) is 0 Å². The molecule has 25 heavy (non-hydrogen) atoms. The first-order valence-corrected chi connectivity index (χ1v) is 9.05. The highest BCUT2D eigenvalue weighted by Crippen LogP contribution is 2.24. The number of nitrogens with one attached hydrogen (secondary N) is 1. The van der Waals surface area contributed by atoms with E-state index in [4.69, 9.17) is 21.1 Å². The van der Waals surface area contributed by atoms with Gasteiger partial charge in [-0.2, -0.15) is 0 Å². The molecule has 5 heteroatoms. The van der Waals surface area contributed by atoms with Crippen molar-refractivity contribution in [3.63, 3.8) is 0 Å². The molecule has 4 nitrogen and oxygen atoms in total. The van der Waals surface area contributed by atoms with Gasteiger partial charge in [0.1, 0.15) is 5.75 Å². The molecule has 0 saturated carbocycles. The normalized spacial score (nSPS) is 16.6. The highest BCUT2D eigenvalue weighted by atomic mass is 35.5. The van der Waals surface area contributed by atoms with E-state index in [1.54, 1.807) is 7.11 Å². The van der Waals surface area contributed by atoms with Crippen molar-refractivity contribution in [3.8, 4) is 5.75 Å². The summed E-state index contributed by atoms with van der Waals surface area (Å²) < 4.78 is 10.9. The van der Waals surface area contributed by atoms with Crippen LogP contribution < -0.4 is 10.1 Å². The number of morpholine rings is 1. The lowest BCUT2D eigenvalue weighted by Gasteiger charge is -2.35. The second kappa shape index (κ2) is 9.20. The van der Waals surface area contributed by atoms with Crippen molar-refractivity contribution in [3.05, 3.63) is 64.7 Å². The minimum atomic E-state index is 0.275. The van der Waals surface area contributed by atoms with E-state index in [0.29, 0.717) is 0 Å². The minimum absolute atomic E-state index is 0.275. The summed E-state index contributed by atoms with van der Waals surface area (Å²) in [6, 6.07) is 16.5. The molecule has 2 aromatic rings. The van der Waals surface area contributed by atoms with Crippen molar-refractivity contribution >= 4 is 11.6 Å². The molecule has 0 radical (unpaired) electrons. The fraction of sp³-hybridized carbons (Fsp3) is 0.400. The summed E-state index contributed by atoms with van der Waals surface area (Å²) in [5.41, 5.74) is 2.40. The Kier molecular flexibility index (Phi) is 6.70. The molecule has 0 spiro atoms. The Morgan fingerprint density at radius 2 is 1.96 bits per heavy atom. The zero-order valence-electron chi connectivity index (χ0n) is 14.6. The Balaban J connectivity index is 1.69. The smallest absolute Gasteiger partial charge is 0.123 e. The Morgan fingerprint density at radius 3 is 2.72 bits per heavy atom. The Hall–Kier alpha value is -1.59. The fourth-order valence-corrected chi connectivity index (χ4v) is 3.45. The van der Waals surface area contributed by atoms with Gasteiger partial charge in [-0.25, -0.2) is 0 Å². The van der Waals surface area contributed by atoms with Crippen LogP contribution in [-0.4, -0.2) is 44.9 Å². The van der Waals surface area contributed by atoms with Crippen LogP contribution in [0, 0.1) is 0 Å². The van der Waals surface area contributed by atoms with Gasteiger partial charge in [0.25, 0.3) is 0 Å². The van der Waals surface area contributed by atoms with Crippen LogP contribution in [0.1, 0.15) is 17.2 Å². The van der Waals surface area contributed by atoms with Crippen molar-refractivity contribution in [2.24, 2.45) is 0 Å². The van der Waals surface area contributed by atoms with Gasteiger partial charge < -0.3 is 14.8 Å². The van der Waals surface area contributed by atoms with Crippen molar-refractivity contribution in [1.82, 2.24) is 10.2 Å². The number of hydrogen-bond donors (Lipinski definition) is 1. The minimum Gasteiger partial charge on any atom is -0.496 e. The number of ether oxygens (including phenoxy) is 2. The molecule has 0 amide bonds. The van der Waals surface area contributed by atoms with Gasteiger partial charge in [0.05, 0.1) is 20.3 Å². The molecular formula is C20H25ClN2O2. The van der Waals surface area contributed by atoms with Crippen molar-refractivity contribution < 1.29 is 9.47 Å². The standard InChI is InChI=1S/C20H25ClN2O2/c1-24-20-8-3-2-5-17(20)14-22-15-19(23-9-11-25-12-10-23)16-6-4-7-18(21)13-16/h2-8,13,19,22H,9-12,14-15H2,1H3. The van der Waals surface area contributed by atoms with Crippen LogP contribution in [0.25, 0.3) is 0 Å². The van der Waals surface area contributed by atoms with Crippen LogP contribution in [0.2, 0.25) is 5.02 Å². The first kappa shape index (κ1) is 18.2. The largest absolute Gasteiger partial charge is 0.496 e. The van der Waals surface area contributed by atoms with Crippen LogP contribution >= 0.6 is 11.6 Å². The van der Waals surface area contributed by atoms with E-state index in [-0.39, 0.29) is 6.04 Å². The lowest BCUT2D eigenvalue weighted by Crippen LogP contribution is -2.42. The Bertz CT molecular complexity index is 674. The quantitative estimate of drug-likeness (QED) is 0.819. The average molecular weight is 361 g/mol. The maximum absolute atomic E-state index is 6.22. The van der Waals surface area contributed by atoms with Crippen LogP contribution in [-0.2, 0) is 11.3 Å². The molecule has 134 valence electrons. The van der Waals surface area contributed by atoms with E-state index in [9.17, 15) is 0 Å². The molecule has 1 unspecified atom stereocenters. The van der Waals surface area contributed by atoms with E-state index < -0.39 is 0 Å². The number of nitrogens with zero attached hydrogens (tertiary/aromatic N) is 1. The van der Waals surface area contributed by atoms with Crippen molar-refractivity contribution in [2.45, 2.75) is 12.6 Å². The molecule has 3 rings (SSSR count). The van der Waals surface area contributed by atoms with E-state index in [0.717, 1.165) is 55.7 Å². The number of benzene rings is 2. The fourth-order valence-electron chi connectivity index (χ4n) is 3.25. The third kappa shape index (κ3) is 4.95. The second-order valence-electron chi connectivity index (χ2n) is 6.16. The molecule has 1 heterocycles. The van der Waals surface area contributed by atoms with Gasteiger partial charge >= 0.3 is 0 Å². The van der Waals surface area contributed by atoms with Crippen LogP contribution in [0.3, 0.4) is 0 Å². The zero-order chi connectivity index (χ0) is 17.5. The monoisotopic (exact) mass is 360 g/mol. The number of rotatable bonds is 7. The van der Waals surface area contributed by atoms with Gasteiger partial charge in [-0.3, -0.25) is 4.90 Å². The number of halogens is 1. The Labute approximate surface area is 154 Å². The molecule has 1 N–H and O–H groups in total.